The molecule has 1 fully saturated rings. The minimum Gasteiger partial charge on any atom is -0.352 e. The van der Waals surface area contributed by atoms with Gasteiger partial charge in [0.05, 0.1) is 10.0 Å². The summed E-state index contributed by atoms with van der Waals surface area (Å²) in [5.74, 6) is -0.161. The maximum absolute atomic E-state index is 13.5. The number of hydrogen-bond donors (Lipinski definition) is 1. The Labute approximate surface area is 217 Å². The molecule has 0 spiro atoms. The van der Waals surface area contributed by atoms with Crippen LogP contribution in [0.25, 0.3) is 10.8 Å². The maximum atomic E-state index is 13.5. The van der Waals surface area contributed by atoms with Crippen LogP contribution in [0.2, 0.25) is 10.0 Å². The smallest absolute Gasteiger partial charge is 0.242 e. The van der Waals surface area contributed by atoms with Gasteiger partial charge in [-0.1, -0.05) is 91.0 Å². The molecule has 4 rings (SSSR count). The molecule has 6 heteroatoms. The monoisotopic (exact) mass is 510 g/mol. The molecule has 1 aliphatic rings. The van der Waals surface area contributed by atoms with Crippen molar-refractivity contribution in [3.63, 3.8) is 0 Å². The minimum atomic E-state index is -0.591. The predicted molar refractivity (Wildman–Crippen MR) is 144 cm³/mol. The number of fused-ring (bicyclic) bond motifs is 1. The second-order valence-electron chi connectivity index (χ2n) is 9.43. The van der Waals surface area contributed by atoms with E-state index in [2.05, 4.69) is 29.6 Å². The number of nitrogens with zero attached hydrogens (tertiary/aromatic N) is 1. The van der Waals surface area contributed by atoms with Gasteiger partial charge in [-0.2, -0.15) is 0 Å². The van der Waals surface area contributed by atoms with Crippen LogP contribution in [0, 0.1) is 0 Å². The summed E-state index contributed by atoms with van der Waals surface area (Å²) in [6, 6.07) is 19.3. The molecular weight excluding hydrogens is 479 g/mol. The minimum absolute atomic E-state index is 0.0599. The van der Waals surface area contributed by atoms with Gasteiger partial charge in [0.25, 0.3) is 0 Å². The molecule has 0 saturated heterocycles. The third kappa shape index (κ3) is 6.56. The second kappa shape index (κ2) is 11.9. The summed E-state index contributed by atoms with van der Waals surface area (Å²) in [6.45, 7) is 2.11. The molecule has 1 N–H and O–H groups in total. The van der Waals surface area contributed by atoms with Crippen molar-refractivity contribution in [3.8, 4) is 0 Å². The number of benzene rings is 3. The van der Waals surface area contributed by atoms with Crippen molar-refractivity contribution in [1.82, 2.24) is 10.2 Å². The summed E-state index contributed by atoms with van der Waals surface area (Å²) >= 11 is 12.3. The molecule has 3 aromatic carbocycles. The normalized spacial score (nSPS) is 15.1. The van der Waals surface area contributed by atoms with Crippen LogP contribution in [0.4, 0.5) is 0 Å². The average Bonchev–Trinajstić information content (AvgIpc) is 2.88. The van der Waals surface area contributed by atoms with Gasteiger partial charge in [0, 0.05) is 19.0 Å². The Kier molecular flexibility index (Phi) is 8.69. The third-order valence-corrected chi connectivity index (χ3v) is 7.68. The van der Waals surface area contributed by atoms with Crippen molar-refractivity contribution < 1.29 is 9.59 Å². The zero-order chi connectivity index (χ0) is 24.8. The number of carbonyl (C=O) groups is 2. The number of amides is 2. The number of carbonyl (C=O) groups excluding carboxylic acids is 2. The largest absolute Gasteiger partial charge is 0.352 e. The lowest BCUT2D eigenvalue weighted by Gasteiger charge is -2.31. The molecule has 0 aliphatic heterocycles. The molecule has 3 aromatic rings. The van der Waals surface area contributed by atoms with E-state index in [1.165, 1.54) is 6.42 Å². The average molecular weight is 511 g/mol. The zero-order valence-electron chi connectivity index (χ0n) is 20.1. The fraction of sp³-hybridized carbons (Fsp3) is 0.379. The fourth-order valence-electron chi connectivity index (χ4n) is 4.88. The van der Waals surface area contributed by atoms with Gasteiger partial charge in [0.15, 0.2) is 0 Å². The highest BCUT2D eigenvalue weighted by Gasteiger charge is 2.28. The molecular formula is C29H32Cl2N2O2. The fourth-order valence-corrected chi connectivity index (χ4v) is 5.20. The molecule has 0 aromatic heterocycles. The maximum Gasteiger partial charge on any atom is 0.242 e. The van der Waals surface area contributed by atoms with Crippen LogP contribution in [0.15, 0.2) is 60.7 Å². The highest BCUT2D eigenvalue weighted by molar-refractivity contribution is 6.42. The van der Waals surface area contributed by atoms with Gasteiger partial charge in [-0.05, 0) is 60.2 Å². The van der Waals surface area contributed by atoms with Crippen LogP contribution < -0.4 is 5.32 Å². The molecule has 35 heavy (non-hydrogen) atoms. The lowest BCUT2D eigenvalue weighted by Crippen LogP contribution is -2.50. The van der Waals surface area contributed by atoms with Crippen molar-refractivity contribution in [2.45, 2.75) is 70.5 Å². The summed E-state index contributed by atoms with van der Waals surface area (Å²) in [4.78, 5) is 28.4. The van der Waals surface area contributed by atoms with Crippen LogP contribution in [0.1, 0.15) is 56.6 Å². The standard InChI is InChI=1S/C29H32Cl2N2O2/c1-20(29(35)32-24-11-3-2-4-12-24)33(19-21-14-16-26(30)27(31)18-21)28(34)17-15-23-10-7-9-22-8-5-6-13-25(22)23/h5-10,13-14,16,18,20,24H,2-4,11-12,15,17,19H2,1H3,(H,32,35). The first-order valence-corrected chi connectivity index (χ1v) is 13.2. The molecule has 1 saturated carbocycles. The first-order valence-electron chi connectivity index (χ1n) is 12.4. The Morgan fingerprint density at radius 2 is 1.71 bits per heavy atom. The third-order valence-electron chi connectivity index (χ3n) is 6.94. The summed E-state index contributed by atoms with van der Waals surface area (Å²) < 4.78 is 0. The van der Waals surface area contributed by atoms with Gasteiger partial charge in [0.1, 0.15) is 6.04 Å². The molecule has 1 atom stereocenters. The molecule has 4 nitrogen and oxygen atoms in total. The Bertz CT molecular complexity index is 1190. The Morgan fingerprint density at radius 1 is 0.971 bits per heavy atom. The van der Waals surface area contributed by atoms with Gasteiger partial charge < -0.3 is 10.2 Å². The van der Waals surface area contributed by atoms with Crippen LogP contribution in [-0.2, 0) is 22.6 Å². The van der Waals surface area contributed by atoms with Crippen LogP contribution >= 0.6 is 23.2 Å². The van der Waals surface area contributed by atoms with Crippen LogP contribution in [0.3, 0.4) is 0 Å². The van der Waals surface area contributed by atoms with Crippen LogP contribution in [-0.4, -0.2) is 28.8 Å². The first kappa shape index (κ1) is 25.5. The number of hydrogen-bond acceptors (Lipinski definition) is 2. The second-order valence-corrected chi connectivity index (χ2v) is 10.2. The van der Waals surface area contributed by atoms with Gasteiger partial charge in [-0.15, -0.1) is 0 Å². The van der Waals surface area contributed by atoms with E-state index in [0.29, 0.717) is 29.4 Å². The van der Waals surface area contributed by atoms with E-state index in [-0.39, 0.29) is 17.9 Å². The molecule has 0 heterocycles. The summed E-state index contributed by atoms with van der Waals surface area (Å²) in [6.07, 6.45) is 6.41. The lowest BCUT2D eigenvalue weighted by atomic mass is 9.95. The molecule has 0 radical (unpaired) electrons. The molecule has 184 valence electrons. The van der Waals surface area contributed by atoms with Crippen molar-refractivity contribution in [2.24, 2.45) is 0 Å². The van der Waals surface area contributed by atoms with Gasteiger partial charge in [0.2, 0.25) is 11.8 Å². The molecule has 2 amide bonds. The summed E-state index contributed by atoms with van der Waals surface area (Å²) in [5.41, 5.74) is 1.97. The predicted octanol–water partition coefficient (Wildman–Crippen LogP) is 6.95. The van der Waals surface area contributed by atoms with E-state index in [0.717, 1.165) is 47.6 Å². The number of halogens is 2. The van der Waals surface area contributed by atoms with E-state index in [1.54, 1.807) is 17.0 Å². The number of aryl methyl sites for hydroxylation is 1. The zero-order valence-corrected chi connectivity index (χ0v) is 21.6. The van der Waals surface area contributed by atoms with E-state index in [9.17, 15) is 9.59 Å². The lowest BCUT2D eigenvalue weighted by molar-refractivity contribution is -0.141. The van der Waals surface area contributed by atoms with E-state index in [4.69, 9.17) is 23.2 Å². The Hall–Kier alpha value is -2.56. The Morgan fingerprint density at radius 3 is 2.49 bits per heavy atom. The van der Waals surface area contributed by atoms with Gasteiger partial charge >= 0.3 is 0 Å². The summed E-state index contributed by atoms with van der Waals surface area (Å²) in [7, 11) is 0. The quantitative estimate of drug-likeness (QED) is 0.356. The SMILES string of the molecule is CC(C(=O)NC1CCCCC1)N(Cc1ccc(Cl)c(Cl)c1)C(=O)CCc1cccc2ccccc12. The molecule has 1 aliphatic carbocycles. The van der Waals surface area contributed by atoms with Gasteiger partial charge in [-0.25, -0.2) is 0 Å². The summed E-state index contributed by atoms with van der Waals surface area (Å²) in [5, 5.41) is 6.39. The van der Waals surface area contributed by atoms with Crippen LogP contribution in [0.5, 0.6) is 0 Å². The van der Waals surface area contributed by atoms with E-state index >= 15 is 0 Å². The van der Waals surface area contributed by atoms with Crippen molar-refractivity contribution >= 4 is 45.8 Å². The number of nitrogens with one attached hydrogen (secondary N) is 1. The topological polar surface area (TPSA) is 49.4 Å². The number of rotatable bonds is 8. The van der Waals surface area contributed by atoms with Crippen molar-refractivity contribution in [1.29, 1.82) is 0 Å². The Balaban J connectivity index is 1.51. The first-order chi connectivity index (χ1) is 16.9. The highest BCUT2D eigenvalue weighted by Crippen LogP contribution is 2.25. The van der Waals surface area contributed by atoms with Crippen molar-refractivity contribution in [3.05, 3.63) is 81.8 Å². The van der Waals surface area contributed by atoms with E-state index < -0.39 is 6.04 Å². The molecule has 0 bridgehead atoms. The molecule has 1 unspecified atom stereocenters. The van der Waals surface area contributed by atoms with E-state index in [1.807, 2.05) is 31.2 Å². The van der Waals surface area contributed by atoms with Crippen molar-refractivity contribution in [2.75, 3.05) is 0 Å². The highest BCUT2D eigenvalue weighted by atomic mass is 35.5. The van der Waals surface area contributed by atoms with Gasteiger partial charge in [-0.3, -0.25) is 9.59 Å².